The highest BCUT2D eigenvalue weighted by Gasteiger charge is 2.05. The maximum absolute atomic E-state index is 11.4. The molecule has 0 unspecified atom stereocenters. The summed E-state index contributed by atoms with van der Waals surface area (Å²) in [4.78, 5) is 16.3. The standard InChI is InChI=1S/C10H14N2O2/c1-7(2)14-12-10(13)8-3-5-9(11)6-4-8/h3-7H,11H2,1-2H3,(H,12,13). The third kappa shape index (κ3) is 3.06. The van der Waals surface area contributed by atoms with Crippen molar-refractivity contribution in [2.45, 2.75) is 20.0 Å². The van der Waals surface area contributed by atoms with Crippen LogP contribution in [-0.4, -0.2) is 12.0 Å². The molecule has 1 rings (SSSR count). The number of benzene rings is 1. The molecule has 0 aromatic heterocycles. The zero-order valence-corrected chi connectivity index (χ0v) is 8.28. The van der Waals surface area contributed by atoms with Crippen molar-refractivity contribution in [3.8, 4) is 0 Å². The van der Waals surface area contributed by atoms with E-state index >= 15 is 0 Å². The quantitative estimate of drug-likeness (QED) is 0.563. The summed E-state index contributed by atoms with van der Waals surface area (Å²) in [5.41, 5.74) is 8.98. The third-order valence-electron chi connectivity index (χ3n) is 1.56. The minimum Gasteiger partial charge on any atom is -0.399 e. The van der Waals surface area contributed by atoms with Gasteiger partial charge in [0.05, 0.1) is 6.10 Å². The first-order chi connectivity index (χ1) is 6.59. The second-order valence-corrected chi connectivity index (χ2v) is 3.22. The molecule has 1 amide bonds. The third-order valence-corrected chi connectivity index (χ3v) is 1.56. The fourth-order valence-corrected chi connectivity index (χ4v) is 0.865. The SMILES string of the molecule is CC(C)ONC(=O)c1ccc(N)cc1. The summed E-state index contributed by atoms with van der Waals surface area (Å²) in [6, 6.07) is 6.64. The van der Waals surface area contributed by atoms with Gasteiger partial charge in [-0.3, -0.25) is 9.63 Å². The molecular weight excluding hydrogens is 180 g/mol. The van der Waals surface area contributed by atoms with E-state index < -0.39 is 0 Å². The zero-order valence-electron chi connectivity index (χ0n) is 8.28. The molecule has 4 heteroatoms. The van der Waals surface area contributed by atoms with Crippen LogP contribution in [0.2, 0.25) is 0 Å². The summed E-state index contributed by atoms with van der Waals surface area (Å²) in [5.74, 6) is -0.265. The Bertz CT molecular complexity index is 306. The normalized spacial score (nSPS) is 10.2. The number of nitrogens with one attached hydrogen (secondary N) is 1. The Morgan fingerprint density at radius 1 is 1.36 bits per heavy atom. The summed E-state index contributed by atoms with van der Waals surface area (Å²) < 4.78 is 0. The van der Waals surface area contributed by atoms with E-state index in [1.165, 1.54) is 0 Å². The van der Waals surface area contributed by atoms with Crippen LogP contribution in [0.25, 0.3) is 0 Å². The predicted octanol–water partition coefficient (Wildman–Crippen LogP) is 1.34. The summed E-state index contributed by atoms with van der Waals surface area (Å²) in [7, 11) is 0. The fourth-order valence-electron chi connectivity index (χ4n) is 0.865. The highest BCUT2D eigenvalue weighted by Crippen LogP contribution is 2.05. The molecule has 0 saturated carbocycles. The first kappa shape index (κ1) is 10.5. The lowest BCUT2D eigenvalue weighted by Crippen LogP contribution is -2.26. The van der Waals surface area contributed by atoms with E-state index in [4.69, 9.17) is 10.6 Å². The minimum atomic E-state index is -0.265. The first-order valence-corrected chi connectivity index (χ1v) is 4.41. The van der Waals surface area contributed by atoms with Gasteiger partial charge < -0.3 is 5.73 Å². The lowest BCUT2D eigenvalue weighted by Gasteiger charge is -2.08. The second kappa shape index (κ2) is 4.62. The molecule has 4 nitrogen and oxygen atoms in total. The van der Waals surface area contributed by atoms with Crippen LogP contribution in [0.1, 0.15) is 24.2 Å². The molecule has 76 valence electrons. The van der Waals surface area contributed by atoms with E-state index in [1.54, 1.807) is 24.3 Å². The molecule has 3 N–H and O–H groups in total. The summed E-state index contributed by atoms with van der Waals surface area (Å²) in [6.45, 7) is 3.67. The fraction of sp³-hybridized carbons (Fsp3) is 0.300. The Morgan fingerprint density at radius 2 is 1.93 bits per heavy atom. The van der Waals surface area contributed by atoms with Gasteiger partial charge >= 0.3 is 0 Å². The molecule has 0 heterocycles. The molecule has 0 fully saturated rings. The van der Waals surface area contributed by atoms with Crippen LogP contribution >= 0.6 is 0 Å². The van der Waals surface area contributed by atoms with Crippen molar-refractivity contribution in [1.29, 1.82) is 0 Å². The number of carbonyl (C=O) groups excluding carboxylic acids is 1. The van der Waals surface area contributed by atoms with Gasteiger partial charge in [-0.2, -0.15) is 0 Å². The Balaban J connectivity index is 2.57. The number of anilines is 1. The zero-order chi connectivity index (χ0) is 10.6. The molecule has 0 bridgehead atoms. The van der Waals surface area contributed by atoms with Crippen molar-refractivity contribution in [2.24, 2.45) is 0 Å². The molecular formula is C10H14N2O2. The molecule has 0 aliphatic carbocycles. The van der Waals surface area contributed by atoms with Crippen LogP contribution in [0.4, 0.5) is 5.69 Å². The van der Waals surface area contributed by atoms with Gasteiger partial charge in [0, 0.05) is 11.3 Å². The van der Waals surface area contributed by atoms with E-state index in [0.29, 0.717) is 11.3 Å². The maximum atomic E-state index is 11.4. The number of amides is 1. The average molecular weight is 194 g/mol. The van der Waals surface area contributed by atoms with Crippen LogP contribution in [0.15, 0.2) is 24.3 Å². The van der Waals surface area contributed by atoms with Crippen molar-refractivity contribution in [3.05, 3.63) is 29.8 Å². The Labute approximate surface area is 83.0 Å². The van der Waals surface area contributed by atoms with E-state index in [1.807, 2.05) is 13.8 Å². The van der Waals surface area contributed by atoms with Crippen molar-refractivity contribution in [3.63, 3.8) is 0 Å². The van der Waals surface area contributed by atoms with Gasteiger partial charge in [-0.1, -0.05) is 0 Å². The average Bonchev–Trinajstić information content (AvgIpc) is 2.15. The lowest BCUT2D eigenvalue weighted by atomic mass is 10.2. The molecule has 14 heavy (non-hydrogen) atoms. The highest BCUT2D eigenvalue weighted by molar-refractivity contribution is 5.93. The van der Waals surface area contributed by atoms with Crippen LogP contribution in [0.3, 0.4) is 0 Å². The molecule has 0 radical (unpaired) electrons. The number of rotatable bonds is 3. The lowest BCUT2D eigenvalue weighted by molar-refractivity contribution is 0.000191. The van der Waals surface area contributed by atoms with Crippen molar-refractivity contribution < 1.29 is 9.63 Å². The van der Waals surface area contributed by atoms with Crippen molar-refractivity contribution in [1.82, 2.24) is 5.48 Å². The Morgan fingerprint density at radius 3 is 2.43 bits per heavy atom. The van der Waals surface area contributed by atoms with Gasteiger partial charge in [0.15, 0.2) is 0 Å². The number of nitrogen functional groups attached to an aromatic ring is 1. The number of hydroxylamine groups is 1. The number of carbonyl (C=O) groups is 1. The monoisotopic (exact) mass is 194 g/mol. The van der Waals surface area contributed by atoms with Gasteiger partial charge in [0.25, 0.3) is 5.91 Å². The molecule has 0 saturated heterocycles. The van der Waals surface area contributed by atoms with Crippen LogP contribution < -0.4 is 11.2 Å². The van der Waals surface area contributed by atoms with Crippen LogP contribution in [0.5, 0.6) is 0 Å². The van der Waals surface area contributed by atoms with E-state index in [-0.39, 0.29) is 12.0 Å². The Hall–Kier alpha value is -1.55. The van der Waals surface area contributed by atoms with Gasteiger partial charge in [-0.05, 0) is 38.1 Å². The summed E-state index contributed by atoms with van der Waals surface area (Å²) in [6.07, 6.45) is -0.0345. The van der Waals surface area contributed by atoms with Gasteiger partial charge in [-0.15, -0.1) is 0 Å². The highest BCUT2D eigenvalue weighted by atomic mass is 16.7. The van der Waals surface area contributed by atoms with E-state index in [0.717, 1.165) is 0 Å². The minimum absolute atomic E-state index is 0.0345. The van der Waals surface area contributed by atoms with Crippen LogP contribution in [0, 0.1) is 0 Å². The largest absolute Gasteiger partial charge is 0.399 e. The molecule has 0 aliphatic heterocycles. The van der Waals surface area contributed by atoms with Gasteiger partial charge in [-0.25, -0.2) is 5.48 Å². The number of nitrogens with two attached hydrogens (primary N) is 1. The number of hydrogen-bond donors (Lipinski definition) is 2. The molecule has 0 atom stereocenters. The topological polar surface area (TPSA) is 64.3 Å². The smallest absolute Gasteiger partial charge is 0.274 e. The molecule has 0 spiro atoms. The van der Waals surface area contributed by atoms with E-state index in [9.17, 15) is 4.79 Å². The molecule has 0 aliphatic rings. The predicted molar refractivity (Wildman–Crippen MR) is 54.5 cm³/mol. The van der Waals surface area contributed by atoms with Crippen LogP contribution in [-0.2, 0) is 4.84 Å². The summed E-state index contributed by atoms with van der Waals surface area (Å²) in [5, 5.41) is 0. The second-order valence-electron chi connectivity index (χ2n) is 3.22. The summed E-state index contributed by atoms with van der Waals surface area (Å²) >= 11 is 0. The van der Waals surface area contributed by atoms with Crippen molar-refractivity contribution >= 4 is 11.6 Å². The first-order valence-electron chi connectivity index (χ1n) is 4.41. The Kier molecular flexibility index (Phi) is 3.48. The molecule has 1 aromatic carbocycles. The van der Waals surface area contributed by atoms with E-state index in [2.05, 4.69) is 5.48 Å². The van der Waals surface area contributed by atoms with Gasteiger partial charge in [0.2, 0.25) is 0 Å². The maximum Gasteiger partial charge on any atom is 0.274 e. The molecule has 1 aromatic rings. The van der Waals surface area contributed by atoms with Gasteiger partial charge in [0.1, 0.15) is 0 Å². The number of hydrogen-bond acceptors (Lipinski definition) is 3. The van der Waals surface area contributed by atoms with Crippen molar-refractivity contribution in [2.75, 3.05) is 5.73 Å².